The van der Waals surface area contributed by atoms with Gasteiger partial charge in [0.05, 0.1) is 33.0 Å². The number of carbonyl (C=O) groups is 1. The van der Waals surface area contributed by atoms with Crippen LogP contribution in [0.15, 0.2) is 0 Å². The van der Waals surface area contributed by atoms with Crippen LogP contribution >= 0.6 is 0 Å². The van der Waals surface area contributed by atoms with E-state index in [2.05, 4.69) is 12.2 Å². The maximum absolute atomic E-state index is 10.6. The van der Waals surface area contributed by atoms with E-state index in [1.807, 2.05) is 0 Å². The number of rotatable bonds is 14. The van der Waals surface area contributed by atoms with Crippen LogP contribution in [0.5, 0.6) is 0 Å². The first-order valence-electron chi connectivity index (χ1n) is 6.70. The van der Waals surface area contributed by atoms with Crippen LogP contribution in [0, 0.1) is 0 Å². The minimum absolute atomic E-state index is 0.210. The molecule has 0 aliphatic carbocycles. The average Bonchev–Trinajstić information content (AvgIpc) is 2.34. The molecule has 0 atom stereocenters. The largest absolute Gasteiger partial charge is 0.379 e. The van der Waals surface area contributed by atoms with E-state index in [-0.39, 0.29) is 5.78 Å². The molecule has 0 aromatic heterocycles. The van der Waals surface area contributed by atoms with E-state index in [1.54, 1.807) is 6.92 Å². The Morgan fingerprint density at radius 2 is 1.44 bits per heavy atom. The predicted octanol–water partition coefficient (Wildman–Crippen LogP) is 1.01. The Labute approximate surface area is 110 Å². The van der Waals surface area contributed by atoms with E-state index in [4.69, 9.17) is 14.2 Å². The van der Waals surface area contributed by atoms with Gasteiger partial charge in [0.1, 0.15) is 5.78 Å². The third-order valence-electron chi connectivity index (χ3n) is 2.17. The van der Waals surface area contributed by atoms with Gasteiger partial charge in [-0.2, -0.15) is 0 Å². The Bertz CT molecular complexity index is 188. The monoisotopic (exact) mass is 261 g/mol. The molecule has 1 N–H and O–H groups in total. The van der Waals surface area contributed by atoms with Crippen molar-refractivity contribution in [1.29, 1.82) is 0 Å². The molecular formula is C13H27NO4. The molecule has 0 rings (SSSR count). The highest BCUT2D eigenvalue weighted by molar-refractivity contribution is 5.75. The molecule has 108 valence electrons. The van der Waals surface area contributed by atoms with Gasteiger partial charge >= 0.3 is 0 Å². The second kappa shape index (κ2) is 14.6. The molecule has 0 aliphatic rings. The fourth-order valence-corrected chi connectivity index (χ4v) is 1.22. The lowest BCUT2D eigenvalue weighted by Gasteiger charge is -2.07. The number of Topliss-reactive ketones (excluding diaryl/α,β-unsaturated/α-hetero) is 1. The molecule has 5 heteroatoms. The quantitative estimate of drug-likeness (QED) is 0.473. The Morgan fingerprint density at radius 1 is 0.889 bits per heavy atom. The lowest BCUT2D eigenvalue weighted by Crippen LogP contribution is -2.23. The molecule has 0 radical (unpaired) electrons. The van der Waals surface area contributed by atoms with Gasteiger partial charge in [-0.05, 0) is 13.3 Å². The van der Waals surface area contributed by atoms with Gasteiger partial charge in [-0.1, -0.05) is 6.92 Å². The van der Waals surface area contributed by atoms with Crippen molar-refractivity contribution in [2.24, 2.45) is 0 Å². The number of hydrogen-bond donors (Lipinski definition) is 1. The van der Waals surface area contributed by atoms with Crippen LogP contribution in [0.3, 0.4) is 0 Å². The van der Waals surface area contributed by atoms with Crippen LogP contribution in [0.4, 0.5) is 0 Å². The van der Waals surface area contributed by atoms with Crippen LogP contribution < -0.4 is 5.32 Å². The molecule has 18 heavy (non-hydrogen) atoms. The summed E-state index contributed by atoms with van der Waals surface area (Å²) in [6.45, 7) is 9.10. The number of ether oxygens (including phenoxy) is 3. The number of hydrogen-bond acceptors (Lipinski definition) is 5. The van der Waals surface area contributed by atoms with Crippen molar-refractivity contribution in [3.05, 3.63) is 0 Å². The summed E-state index contributed by atoms with van der Waals surface area (Å²) >= 11 is 0. The van der Waals surface area contributed by atoms with E-state index < -0.39 is 0 Å². The van der Waals surface area contributed by atoms with Gasteiger partial charge in [-0.15, -0.1) is 0 Å². The van der Waals surface area contributed by atoms with Gasteiger partial charge in [0, 0.05) is 26.1 Å². The maximum atomic E-state index is 10.6. The standard InChI is InChI=1S/C13H27NO4/c1-3-7-16-9-11-18-12-10-17-8-6-14-5-4-13(2)15/h14H,3-12H2,1-2H3. The number of carbonyl (C=O) groups excluding carboxylic acids is 1. The molecule has 0 heterocycles. The summed E-state index contributed by atoms with van der Waals surface area (Å²) < 4.78 is 16.0. The molecule has 0 unspecified atom stereocenters. The van der Waals surface area contributed by atoms with Crippen LogP contribution in [0.2, 0.25) is 0 Å². The highest BCUT2D eigenvalue weighted by Gasteiger charge is 1.93. The van der Waals surface area contributed by atoms with Gasteiger partial charge in [-0.3, -0.25) is 4.79 Å². The van der Waals surface area contributed by atoms with E-state index in [0.29, 0.717) is 39.5 Å². The number of ketones is 1. The molecule has 0 amide bonds. The molecule has 0 bridgehead atoms. The first-order chi connectivity index (χ1) is 8.77. The highest BCUT2D eigenvalue weighted by atomic mass is 16.5. The van der Waals surface area contributed by atoms with Gasteiger partial charge in [0.15, 0.2) is 0 Å². The fraction of sp³-hybridized carbons (Fsp3) is 0.923. The second-order valence-corrected chi connectivity index (χ2v) is 4.04. The molecule has 0 aromatic rings. The van der Waals surface area contributed by atoms with E-state index in [9.17, 15) is 4.79 Å². The predicted molar refractivity (Wildman–Crippen MR) is 70.9 cm³/mol. The summed E-state index contributed by atoms with van der Waals surface area (Å²) in [7, 11) is 0. The van der Waals surface area contributed by atoms with E-state index >= 15 is 0 Å². The molecule has 0 spiro atoms. The molecule has 0 saturated carbocycles. The normalized spacial score (nSPS) is 10.8. The van der Waals surface area contributed by atoms with Crippen molar-refractivity contribution in [3.63, 3.8) is 0 Å². The molecule has 0 saturated heterocycles. The SMILES string of the molecule is CCCOCCOCCOCCNCCC(C)=O. The Kier molecular flexibility index (Phi) is 14.2. The summed E-state index contributed by atoms with van der Waals surface area (Å²) in [5.74, 6) is 0.210. The van der Waals surface area contributed by atoms with Crippen LogP contribution in [0.25, 0.3) is 0 Å². The lowest BCUT2D eigenvalue weighted by molar-refractivity contribution is -0.116. The third kappa shape index (κ3) is 15.5. The summed E-state index contributed by atoms with van der Waals surface area (Å²) in [5, 5.41) is 3.14. The van der Waals surface area contributed by atoms with Crippen LogP contribution in [-0.2, 0) is 19.0 Å². The Hall–Kier alpha value is -0.490. The van der Waals surface area contributed by atoms with Crippen molar-refractivity contribution < 1.29 is 19.0 Å². The maximum Gasteiger partial charge on any atom is 0.131 e. The second-order valence-electron chi connectivity index (χ2n) is 4.04. The van der Waals surface area contributed by atoms with Crippen molar-refractivity contribution in [2.45, 2.75) is 26.7 Å². The Morgan fingerprint density at radius 3 is 2.00 bits per heavy atom. The minimum atomic E-state index is 0.210. The summed E-state index contributed by atoms with van der Waals surface area (Å²) in [6, 6.07) is 0. The van der Waals surface area contributed by atoms with E-state index in [0.717, 1.165) is 26.1 Å². The van der Waals surface area contributed by atoms with Gasteiger partial charge in [0.25, 0.3) is 0 Å². The van der Waals surface area contributed by atoms with Crippen LogP contribution in [0.1, 0.15) is 26.7 Å². The fourth-order valence-electron chi connectivity index (χ4n) is 1.22. The summed E-state index contributed by atoms with van der Waals surface area (Å²) in [4.78, 5) is 10.6. The summed E-state index contributed by atoms with van der Waals surface area (Å²) in [6.07, 6.45) is 1.63. The molecule has 0 aromatic carbocycles. The smallest absolute Gasteiger partial charge is 0.131 e. The Balaban J connectivity index is 2.92. The third-order valence-corrected chi connectivity index (χ3v) is 2.17. The lowest BCUT2D eigenvalue weighted by atomic mass is 10.3. The molecular weight excluding hydrogens is 234 g/mol. The number of nitrogens with one attached hydrogen (secondary N) is 1. The van der Waals surface area contributed by atoms with E-state index in [1.165, 1.54) is 0 Å². The van der Waals surface area contributed by atoms with Gasteiger partial charge < -0.3 is 19.5 Å². The zero-order chi connectivity index (χ0) is 13.5. The zero-order valence-electron chi connectivity index (χ0n) is 11.7. The highest BCUT2D eigenvalue weighted by Crippen LogP contribution is 1.83. The zero-order valence-corrected chi connectivity index (χ0v) is 11.7. The molecule has 5 nitrogen and oxygen atoms in total. The average molecular weight is 261 g/mol. The van der Waals surface area contributed by atoms with Crippen LogP contribution in [-0.4, -0.2) is 58.5 Å². The first kappa shape index (κ1) is 17.5. The first-order valence-corrected chi connectivity index (χ1v) is 6.70. The van der Waals surface area contributed by atoms with Gasteiger partial charge in [0.2, 0.25) is 0 Å². The van der Waals surface area contributed by atoms with Crippen molar-refractivity contribution in [1.82, 2.24) is 5.32 Å². The minimum Gasteiger partial charge on any atom is -0.379 e. The van der Waals surface area contributed by atoms with Crippen molar-refractivity contribution in [3.8, 4) is 0 Å². The molecule has 0 aliphatic heterocycles. The van der Waals surface area contributed by atoms with Crippen molar-refractivity contribution in [2.75, 3.05) is 52.7 Å². The topological polar surface area (TPSA) is 56.8 Å². The van der Waals surface area contributed by atoms with Crippen molar-refractivity contribution >= 4 is 5.78 Å². The molecule has 0 fully saturated rings. The summed E-state index contributed by atoms with van der Waals surface area (Å²) in [5.41, 5.74) is 0. The van der Waals surface area contributed by atoms with Gasteiger partial charge in [-0.25, -0.2) is 0 Å².